The van der Waals surface area contributed by atoms with Crippen molar-refractivity contribution in [3.8, 4) is 0 Å². The molecule has 3 amide bonds. The predicted molar refractivity (Wildman–Crippen MR) is 188 cm³/mol. The number of nitrogen functional groups attached to an aromatic ring is 1. The first-order chi connectivity index (χ1) is 24.0. The van der Waals surface area contributed by atoms with Gasteiger partial charge in [0.1, 0.15) is 0 Å². The number of nitrogens with one attached hydrogen (secondary N) is 1. The minimum atomic E-state index is -2.17. The number of aliphatic hydroxyl groups is 2. The summed E-state index contributed by atoms with van der Waals surface area (Å²) in [5.74, 6) is -2.12. The van der Waals surface area contributed by atoms with Crippen LogP contribution in [0.3, 0.4) is 0 Å². The number of hydrogen-bond donors (Lipinski definition) is 4. The summed E-state index contributed by atoms with van der Waals surface area (Å²) in [5, 5.41) is 36.6. The Morgan fingerprint density at radius 3 is 2.52 bits per heavy atom. The predicted octanol–water partition coefficient (Wildman–Crippen LogP) is 4.69. The van der Waals surface area contributed by atoms with Crippen molar-refractivity contribution in [2.75, 3.05) is 22.6 Å². The molecule has 256 valence electrons. The minimum Gasteiger partial charge on any atom is -0.399 e. The molecule has 3 atom stereocenters. The number of nitrogens with two attached hydrogens (primary N) is 1. The quantitative estimate of drug-likeness (QED) is 0.0809. The Morgan fingerprint density at radius 1 is 1.06 bits per heavy atom. The van der Waals surface area contributed by atoms with E-state index in [9.17, 15) is 34.7 Å². The van der Waals surface area contributed by atoms with Crippen molar-refractivity contribution in [3.63, 3.8) is 0 Å². The molecule has 0 aromatic heterocycles. The monoisotopic (exact) mass is 675 g/mol. The number of fused-ring (bicyclic) bond motifs is 2. The first-order valence-corrected chi connectivity index (χ1v) is 16.2. The highest BCUT2D eigenvalue weighted by atomic mass is 16.6. The molecule has 4 aromatic carbocycles. The van der Waals surface area contributed by atoms with E-state index in [2.05, 4.69) is 5.32 Å². The normalized spacial score (nSPS) is 18.9. The highest BCUT2D eigenvalue weighted by Gasteiger charge is 2.53. The summed E-state index contributed by atoms with van der Waals surface area (Å²) in [7, 11) is 0. The van der Waals surface area contributed by atoms with Gasteiger partial charge in [0.05, 0.1) is 29.8 Å². The second kappa shape index (κ2) is 13.9. The van der Waals surface area contributed by atoms with Gasteiger partial charge in [-0.05, 0) is 65.6 Å². The van der Waals surface area contributed by atoms with Gasteiger partial charge in [-0.1, -0.05) is 55.5 Å². The molecule has 0 aliphatic carbocycles. The number of amides is 3. The lowest BCUT2D eigenvalue weighted by Gasteiger charge is -2.36. The maximum absolute atomic E-state index is 14.1. The van der Waals surface area contributed by atoms with Crippen LogP contribution in [0.1, 0.15) is 46.0 Å². The molecule has 0 fully saturated rings. The maximum atomic E-state index is 14.1. The van der Waals surface area contributed by atoms with Gasteiger partial charge in [0.15, 0.2) is 5.60 Å². The molecule has 0 radical (unpaired) electrons. The Bertz CT molecular complexity index is 2000. The number of nitro groups is 1. The Labute approximate surface area is 288 Å². The first kappa shape index (κ1) is 34.0. The number of carbonyl (C=O) groups excluding carboxylic acids is 3. The zero-order valence-corrected chi connectivity index (χ0v) is 27.4. The van der Waals surface area contributed by atoms with Crippen LogP contribution in [0.25, 0.3) is 0 Å². The number of nitrogens with zero attached hydrogens (tertiary/aromatic N) is 3. The molecule has 5 N–H and O–H groups in total. The minimum absolute atomic E-state index is 0.00539. The number of hydrogen-bond acceptors (Lipinski definition) is 8. The van der Waals surface area contributed by atoms with E-state index in [0.29, 0.717) is 41.2 Å². The number of non-ortho nitro benzene ring substituents is 1. The second-order valence-corrected chi connectivity index (χ2v) is 12.6. The van der Waals surface area contributed by atoms with Gasteiger partial charge < -0.3 is 31.1 Å². The largest absolute Gasteiger partial charge is 0.399 e. The molecular weight excluding hydrogens is 638 g/mol. The Balaban J connectivity index is 1.21. The van der Waals surface area contributed by atoms with Gasteiger partial charge in [-0.15, -0.1) is 0 Å². The van der Waals surface area contributed by atoms with Crippen molar-refractivity contribution in [3.05, 3.63) is 141 Å². The number of rotatable bonds is 10. The summed E-state index contributed by atoms with van der Waals surface area (Å²) < 4.78 is 0. The van der Waals surface area contributed by atoms with Gasteiger partial charge in [0.25, 0.3) is 17.5 Å². The maximum Gasteiger partial charge on any atom is 0.269 e. The lowest BCUT2D eigenvalue weighted by Crippen LogP contribution is -2.46. The molecule has 0 unspecified atom stereocenters. The summed E-state index contributed by atoms with van der Waals surface area (Å²) in [6.45, 7) is 1.81. The van der Waals surface area contributed by atoms with E-state index >= 15 is 0 Å². The van der Waals surface area contributed by atoms with Gasteiger partial charge in [-0.2, -0.15) is 0 Å². The fraction of sp³-hybridized carbons (Fsp3) is 0.237. The SMILES string of the molecule is C[C@H](/C=C/CC(=O)N1Cc2ccccc2C[C@H]1CO)[C@@]1(O)C(=O)N(Cc2cccc(NC(=O)c3ccc(N)cc3)c2)c2ccc([N+](=O)[O-])cc21. The highest BCUT2D eigenvalue weighted by molar-refractivity contribution is 6.07. The Morgan fingerprint density at radius 2 is 1.80 bits per heavy atom. The van der Waals surface area contributed by atoms with Crippen LogP contribution in [0.15, 0.2) is 103 Å². The second-order valence-electron chi connectivity index (χ2n) is 12.6. The molecule has 2 aliphatic heterocycles. The van der Waals surface area contributed by atoms with E-state index in [1.54, 1.807) is 72.5 Å². The molecule has 0 saturated heterocycles. The summed E-state index contributed by atoms with van der Waals surface area (Å²) in [4.78, 5) is 54.4. The average molecular weight is 676 g/mol. The topological polar surface area (TPSA) is 179 Å². The van der Waals surface area contributed by atoms with Crippen LogP contribution >= 0.6 is 0 Å². The third kappa shape index (κ3) is 6.58. The van der Waals surface area contributed by atoms with Crippen LogP contribution in [0, 0.1) is 16.0 Å². The Hall–Kier alpha value is -5.85. The van der Waals surface area contributed by atoms with Crippen LogP contribution in [0.5, 0.6) is 0 Å². The van der Waals surface area contributed by atoms with Gasteiger partial charge in [-0.25, -0.2) is 0 Å². The Kier molecular flexibility index (Phi) is 9.49. The standard InChI is InChI=1S/C38H37N5O7/c1-24(6-4-11-35(45)41-22-28-9-3-2-8-27(28)19-32(41)23-44)38(48)33-20-31(43(49)50)16-17-34(33)42(37(38)47)21-25-7-5-10-30(18-25)40-36(46)26-12-14-29(39)15-13-26/h2-10,12-18,20,24,32,44,48H,11,19,21-23,39H2,1H3,(H,40,46)/b6-4+/t24-,32+,38+/m1/s1. The smallest absolute Gasteiger partial charge is 0.269 e. The summed E-state index contributed by atoms with van der Waals surface area (Å²) in [5.41, 5.74) is 7.85. The number of aliphatic hydroxyl groups excluding tert-OH is 1. The van der Waals surface area contributed by atoms with E-state index in [-0.39, 0.29) is 48.7 Å². The molecule has 2 aliphatic rings. The van der Waals surface area contributed by atoms with Crippen molar-refractivity contribution >= 4 is 40.5 Å². The summed E-state index contributed by atoms with van der Waals surface area (Å²) >= 11 is 0. The highest BCUT2D eigenvalue weighted by Crippen LogP contribution is 2.47. The van der Waals surface area contributed by atoms with Crippen molar-refractivity contribution in [1.82, 2.24) is 4.90 Å². The number of carbonyl (C=O) groups is 3. The van der Waals surface area contributed by atoms with Crippen LogP contribution in [0.4, 0.5) is 22.7 Å². The molecule has 0 bridgehead atoms. The molecule has 12 heteroatoms. The van der Waals surface area contributed by atoms with Gasteiger partial charge in [-0.3, -0.25) is 24.5 Å². The first-order valence-electron chi connectivity index (χ1n) is 16.2. The van der Waals surface area contributed by atoms with Gasteiger partial charge in [0.2, 0.25) is 5.91 Å². The molecule has 0 spiro atoms. The number of nitro benzene ring substituents is 1. The fourth-order valence-electron chi connectivity index (χ4n) is 6.65. The molecule has 6 rings (SSSR count). The fourth-order valence-corrected chi connectivity index (χ4v) is 6.65. The lowest BCUT2D eigenvalue weighted by molar-refractivity contribution is -0.385. The van der Waals surface area contributed by atoms with E-state index < -0.39 is 22.3 Å². The molecule has 2 heterocycles. The number of benzene rings is 4. The third-order valence-corrected chi connectivity index (χ3v) is 9.42. The lowest BCUT2D eigenvalue weighted by atomic mass is 9.82. The summed E-state index contributed by atoms with van der Waals surface area (Å²) in [6.07, 6.45) is 3.66. The van der Waals surface area contributed by atoms with Crippen molar-refractivity contribution < 1.29 is 29.5 Å². The van der Waals surface area contributed by atoms with E-state index in [4.69, 9.17) is 5.73 Å². The van der Waals surface area contributed by atoms with Gasteiger partial charge in [0, 0.05) is 53.5 Å². The van der Waals surface area contributed by atoms with Crippen LogP contribution in [0.2, 0.25) is 0 Å². The van der Waals surface area contributed by atoms with Crippen LogP contribution < -0.4 is 16.0 Å². The average Bonchev–Trinajstić information content (AvgIpc) is 3.33. The number of anilines is 3. The molecule has 12 nitrogen and oxygen atoms in total. The van der Waals surface area contributed by atoms with Crippen LogP contribution in [-0.4, -0.2) is 50.4 Å². The van der Waals surface area contributed by atoms with Gasteiger partial charge >= 0.3 is 0 Å². The molecule has 4 aromatic rings. The van der Waals surface area contributed by atoms with E-state index in [1.165, 1.54) is 23.1 Å². The zero-order valence-electron chi connectivity index (χ0n) is 27.4. The van der Waals surface area contributed by atoms with E-state index in [1.807, 2.05) is 24.3 Å². The molecule has 0 saturated carbocycles. The van der Waals surface area contributed by atoms with E-state index in [0.717, 1.165) is 11.1 Å². The molecule has 50 heavy (non-hydrogen) atoms. The van der Waals surface area contributed by atoms with Crippen molar-refractivity contribution in [1.29, 1.82) is 0 Å². The summed E-state index contributed by atoms with van der Waals surface area (Å²) in [6, 6.07) is 24.7. The molecular formula is C38H37N5O7. The third-order valence-electron chi connectivity index (χ3n) is 9.42. The van der Waals surface area contributed by atoms with Crippen molar-refractivity contribution in [2.24, 2.45) is 5.92 Å². The van der Waals surface area contributed by atoms with Crippen molar-refractivity contribution in [2.45, 2.75) is 44.5 Å². The van der Waals surface area contributed by atoms with Crippen LogP contribution in [-0.2, 0) is 34.7 Å². The zero-order chi connectivity index (χ0) is 35.6.